The average molecular weight is 449 g/mol. The summed E-state index contributed by atoms with van der Waals surface area (Å²) in [6.07, 6.45) is -0.0334. The molecule has 3 atom stereocenters. The number of hydrogen-bond acceptors (Lipinski definition) is 5. The lowest BCUT2D eigenvalue weighted by Crippen LogP contribution is -2.52. The third kappa shape index (κ3) is 7.60. The highest BCUT2D eigenvalue weighted by Gasteiger charge is 2.28. The van der Waals surface area contributed by atoms with Gasteiger partial charge in [0.15, 0.2) is 0 Å². The maximum absolute atomic E-state index is 14.0. The SMILES string of the molecule is COC(=O)[C@H](CC[S@](=O)c1ccccc1)NC(=O)[C@H](Cc1ccccc1F)NC(C)=O. The van der Waals surface area contributed by atoms with Gasteiger partial charge in [0.25, 0.3) is 0 Å². The summed E-state index contributed by atoms with van der Waals surface area (Å²) in [5, 5.41) is 5.01. The third-order valence-corrected chi connectivity index (χ3v) is 5.88. The molecule has 0 aliphatic rings. The van der Waals surface area contributed by atoms with Crippen LogP contribution in [0.5, 0.6) is 0 Å². The molecule has 0 spiro atoms. The van der Waals surface area contributed by atoms with Crippen LogP contribution in [0, 0.1) is 5.82 Å². The Hall–Kier alpha value is -3.07. The van der Waals surface area contributed by atoms with Gasteiger partial charge in [-0.25, -0.2) is 9.18 Å². The first-order valence-corrected chi connectivity index (χ1v) is 11.0. The van der Waals surface area contributed by atoms with Crippen LogP contribution >= 0.6 is 0 Å². The highest BCUT2D eigenvalue weighted by molar-refractivity contribution is 7.85. The largest absolute Gasteiger partial charge is 0.467 e. The number of benzene rings is 2. The molecule has 0 aliphatic carbocycles. The molecule has 0 saturated heterocycles. The smallest absolute Gasteiger partial charge is 0.328 e. The van der Waals surface area contributed by atoms with Crippen molar-refractivity contribution in [3.05, 3.63) is 66.0 Å². The molecule has 2 rings (SSSR count). The number of hydrogen-bond donors (Lipinski definition) is 2. The number of ether oxygens (including phenoxy) is 1. The number of amides is 2. The van der Waals surface area contributed by atoms with Gasteiger partial charge in [0.05, 0.1) is 17.9 Å². The van der Waals surface area contributed by atoms with Crippen molar-refractivity contribution in [2.24, 2.45) is 0 Å². The van der Waals surface area contributed by atoms with Gasteiger partial charge < -0.3 is 15.4 Å². The number of halogens is 1. The summed E-state index contributed by atoms with van der Waals surface area (Å²) in [6, 6.07) is 12.5. The zero-order chi connectivity index (χ0) is 22.8. The van der Waals surface area contributed by atoms with Crippen molar-refractivity contribution < 1.29 is 27.7 Å². The molecule has 0 fully saturated rings. The van der Waals surface area contributed by atoms with E-state index in [1.807, 2.05) is 0 Å². The molecule has 2 amide bonds. The van der Waals surface area contributed by atoms with E-state index in [9.17, 15) is 23.0 Å². The van der Waals surface area contributed by atoms with E-state index in [0.29, 0.717) is 4.90 Å². The lowest BCUT2D eigenvalue weighted by atomic mass is 10.0. The zero-order valence-electron chi connectivity index (χ0n) is 17.3. The first-order chi connectivity index (χ1) is 14.8. The van der Waals surface area contributed by atoms with E-state index in [4.69, 9.17) is 4.74 Å². The number of methoxy groups -OCH3 is 1. The van der Waals surface area contributed by atoms with Crippen LogP contribution < -0.4 is 10.6 Å². The van der Waals surface area contributed by atoms with E-state index in [-0.39, 0.29) is 24.2 Å². The van der Waals surface area contributed by atoms with Crippen molar-refractivity contribution in [1.29, 1.82) is 0 Å². The van der Waals surface area contributed by atoms with Crippen molar-refractivity contribution in [1.82, 2.24) is 10.6 Å². The molecule has 31 heavy (non-hydrogen) atoms. The van der Waals surface area contributed by atoms with Crippen LogP contribution in [0.3, 0.4) is 0 Å². The van der Waals surface area contributed by atoms with Gasteiger partial charge in [0.2, 0.25) is 11.8 Å². The van der Waals surface area contributed by atoms with Crippen LogP contribution in [0.4, 0.5) is 4.39 Å². The van der Waals surface area contributed by atoms with Gasteiger partial charge in [-0.3, -0.25) is 13.8 Å². The summed E-state index contributed by atoms with van der Waals surface area (Å²) in [5.74, 6) is -2.24. The van der Waals surface area contributed by atoms with Crippen molar-refractivity contribution in [2.45, 2.75) is 36.7 Å². The maximum Gasteiger partial charge on any atom is 0.328 e. The molecule has 0 radical (unpaired) electrons. The first kappa shape index (κ1) is 24.2. The second kappa shape index (κ2) is 11.9. The Kier molecular flexibility index (Phi) is 9.33. The predicted octanol–water partition coefficient (Wildman–Crippen LogP) is 1.73. The molecule has 2 aromatic rings. The van der Waals surface area contributed by atoms with Crippen LogP contribution in [0.2, 0.25) is 0 Å². The molecule has 0 aliphatic heterocycles. The van der Waals surface area contributed by atoms with Gasteiger partial charge in [0.1, 0.15) is 17.9 Å². The molecule has 0 unspecified atom stereocenters. The van der Waals surface area contributed by atoms with E-state index in [2.05, 4.69) is 10.6 Å². The molecule has 0 saturated carbocycles. The zero-order valence-corrected chi connectivity index (χ0v) is 18.1. The van der Waals surface area contributed by atoms with Crippen molar-refractivity contribution in [3.63, 3.8) is 0 Å². The summed E-state index contributed by atoms with van der Waals surface area (Å²) >= 11 is 0. The Morgan fingerprint density at radius 3 is 2.26 bits per heavy atom. The Morgan fingerprint density at radius 2 is 1.65 bits per heavy atom. The second-order valence-corrected chi connectivity index (χ2v) is 8.36. The van der Waals surface area contributed by atoms with Gasteiger partial charge in [-0.1, -0.05) is 36.4 Å². The van der Waals surface area contributed by atoms with Gasteiger partial charge >= 0.3 is 5.97 Å². The normalized spacial score (nSPS) is 13.5. The minimum absolute atomic E-state index is 0.0619. The minimum Gasteiger partial charge on any atom is -0.467 e. The number of esters is 1. The molecule has 7 nitrogen and oxygen atoms in total. The highest BCUT2D eigenvalue weighted by atomic mass is 32.2. The Bertz CT molecular complexity index is 939. The molecule has 0 aromatic heterocycles. The predicted molar refractivity (Wildman–Crippen MR) is 114 cm³/mol. The Morgan fingerprint density at radius 1 is 1.00 bits per heavy atom. The topological polar surface area (TPSA) is 102 Å². The van der Waals surface area contributed by atoms with E-state index < -0.39 is 46.5 Å². The molecular weight excluding hydrogens is 423 g/mol. The molecule has 0 heterocycles. The summed E-state index contributed by atoms with van der Waals surface area (Å²) < 4.78 is 31.2. The lowest BCUT2D eigenvalue weighted by molar-refractivity contribution is -0.145. The van der Waals surface area contributed by atoms with Crippen LogP contribution in [-0.4, -0.2) is 46.9 Å². The van der Waals surface area contributed by atoms with Crippen molar-refractivity contribution >= 4 is 28.6 Å². The van der Waals surface area contributed by atoms with E-state index in [0.717, 1.165) is 0 Å². The monoisotopic (exact) mass is 448 g/mol. The molecule has 2 aromatic carbocycles. The molecule has 9 heteroatoms. The molecule has 2 N–H and O–H groups in total. The van der Waals surface area contributed by atoms with Crippen molar-refractivity contribution in [2.75, 3.05) is 12.9 Å². The first-order valence-electron chi connectivity index (χ1n) is 9.64. The standard InChI is InChI=1S/C22H25FN2O5S/c1-15(26)24-20(14-16-8-6-7-11-18(16)23)21(27)25-19(22(28)30-2)12-13-31(29)17-9-4-3-5-10-17/h3-11,19-20H,12-14H2,1-2H3,(H,24,26)(H,25,27)/t19-,20-,31-/m0/s1. The van der Waals surface area contributed by atoms with Crippen molar-refractivity contribution in [3.8, 4) is 0 Å². The summed E-state index contributed by atoms with van der Waals surface area (Å²) in [6.45, 7) is 1.24. The Labute approximate surface area is 182 Å². The summed E-state index contributed by atoms with van der Waals surface area (Å²) in [5.41, 5.74) is 0.246. The number of nitrogens with one attached hydrogen (secondary N) is 2. The number of carbonyl (C=O) groups excluding carboxylic acids is 3. The fraction of sp³-hybridized carbons (Fsp3) is 0.318. The van der Waals surface area contributed by atoms with Gasteiger partial charge in [-0.2, -0.15) is 0 Å². The highest BCUT2D eigenvalue weighted by Crippen LogP contribution is 2.11. The molecule has 166 valence electrons. The van der Waals surface area contributed by atoms with Crippen LogP contribution in [0.15, 0.2) is 59.5 Å². The van der Waals surface area contributed by atoms with E-state index in [1.165, 1.54) is 32.2 Å². The quantitative estimate of drug-likeness (QED) is 0.539. The maximum atomic E-state index is 14.0. The summed E-state index contributed by atoms with van der Waals surface area (Å²) in [7, 11) is -0.189. The van der Waals surface area contributed by atoms with Gasteiger partial charge in [-0.05, 0) is 30.2 Å². The minimum atomic E-state index is -1.37. The number of carbonyl (C=O) groups is 3. The summed E-state index contributed by atoms with van der Waals surface area (Å²) in [4.78, 5) is 37.1. The van der Waals surface area contributed by atoms with Gasteiger partial charge in [0, 0.05) is 24.0 Å². The second-order valence-electron chi connectivity index (χ2n) is 6.78. The third-order valence-electron chi connectivity index (χ3n) is 4.48. The molecular formula is C22H25FN2O5S. The fourth-order valence-corrected chi connectivity index (χ4v) is 4.06. The van der Waals surface area contributed by atoms with Crippen LogP contribution in [-0.2, 0) is 36.3 Å². The Balaban J connectivity index is 2.10. The number of rotatable bonds is 10. The lowest BCUT2D eigenvalue weighted by Gasteiger charge is -2.22. The van der Waals surface area contributed by atoms with Crippen LogP contribution in [0.1, 0.15) is 18.9 Å². The van der Waals surface area contributed by atoms with E-state index >= 15 is 0 Å². The van der Waals surface area contributed by atoms with E-state index in [1.54, 1.807) is 36.4 Å². The average Bonchev–Trinajstić information content (AvgIpc) is 2.76. The van der Waals surface area contributed by atoms with Crippen LogP contribution in [0.25, 0.3) is 0 Å². The fourth-order valence-electron chi connectivity index (χ4n) is 2.92. The van der Waals surface area contributed by atoms with Gasteiger partial charge in [-0.15, -0.1) is 0 Å². The molecule has 0 bridgehead atoms.